The number of carboxylic acid groups (broad SMARTS) is 1. The van der Waals surface area contributed by atoms with Gasteiger partial charge in [-0.25, -0.2) is 4.79 Å². The minimum atomic E-state index is -5.12. The average molecular weight is 241 g/mol. The molecule has 0 saturated carbocycles. The Morgan fingerprint density at radius 2 is 1.88 bits per heavy atom. The maximum absolute atomic E-state index is 12.1. The molecule has 0 bridgehead atoms. The van der Waals surface area contributed by atoms with E-state index >= 15 is 0 Å². The molecule has 5 nitrogen and oxygen atoms in total. The van der Waals surface area contributed by atoms with E-state index in [0.717, 1.165) is 0 Å². The van der Waals surface area contributed by atoms with Gasteiger partial charge in [-0.3, -0.25) is 4.79 Å². The van der Waals surface area contributed by atoms with Gasteiger partial charge in [-0.05, 0) is 12.8 Å². The molecule has 1 aliphatic heterocycles. The zero-order chi connectivity index (χ0) is 12.5. The maximum atomic E-state index is 12.1. The molecular formula is C8H10F3NO4. The molecule has 1 saturated heterocycles. The summed E-state index contributed by atoms with van der Waals surface area (Å²) in [4.78, 5) is 21.8. The number of halogens is 3. The molecule has 0 aromatic heterocycles. The molecule has 1 heterocycles. The molecule has 92 valence electrons. The Morgan fingerprint density at radius 3 is 2.31 bits per heavy atom. The summed E-state index contributed by atoms with van der Waals surface area (Å²) in [6, 6.07) is -1.82. The number of alkyl halides is 3. The lowest BCUT2D eigenvalue weighted by Gasteiger charge is -2.36. The zero-order valence-electron chi connectivity index (χ0n) is 8.07. The van der Waals surface area contributed by atoms with Crippen molar-refractivity contribution in [2.75, 3.05) is 6.54 Å². The number of carbonyl (C=O) groups excluding carboxylic acids is 1. The topological polar surface area (TPSA) is 77.8 Å². The van der Waals surface area contributed by atoms with E-state index in [1.165, 1.54) is 0 Å². The highest BCUT2D eigenvalue weighted by Crippen LogP contribution is 2.25. The van der Waals surface area contributed by atoms with E-state index in [2.05, 4.69) is 0 Å². The van der Waals surface area contributed by atoms with Crippen LogP contribution in [0.3, 0.4) is 0 Å². The highest BCUT2D eigenvalue weighted by Gasteiger charge is 2.49. The van der Waals surface area contributed by atoms with Gasteiger partial charge in [0.25, 0.3) is 0 Å². The van der Waals surface area contributed by atoms with Crippen LogP contribution in [-0.2, 0) is 9.59 Å². The lowest BCUT2D eigenvalue weighted by Crippen LogP contribution is -2.58. The first-order valence-electron chi connectivity index (χ1n) is 4.54. The number of nitrogens with zero attached hydrogens (tertiary/aromatic N) is 1. The van der Waals surface area contributed by atoms with E-state index < -0.39 is 30.2 Å². The molecule has 1 fully saturated rings. The predicted octanol–water partition coefficient (Wildman–Crippen LogP) is -0.0148. The number of carbonyl (C=O) groups is 2. The SMILES string of the molecule is O=C(O)[C@@H]1[C@H](O)CCCN1C(=O)C(F)(F)F. The van der Waals surface area contributed by atoms with E-state index in [9.17, 15) is 27.9 Å². The molecule has 0 radical (unpaired) electrons. The lowest BCUT2D eigenvalue weighted by atomic mass is 9.99. The molecule has 8 heteroatoms. The van der Waals surface area contributed by atoms with Crippen molar-refractivity contribution >= 4 is 11.9 Å². The fourth-order valence-electron chi connectivity index (χ4n) is 1.66. The Balaban J connectivity index is 2.92. The second-order valence-electron chi connectivity index (χ2n) is 3.49. The van der Waals surface area contributed by atoms with Crippen LogP contribution in [0.1, 0.15) is 12.8 Å². The Bertz CT molecular complexity index is 304. The van der Waals surface area contributed by atoms with Gasteiger partial charge >= 0.3 is 18.1 Å². The first kappa shape index (κ1) is 12.8. The fraction of sp³-hybridized carbons (Fsp3) is 0.750. The Kier molecular flexibility index (Phi) is 3.41. The van der Waals surface area contributed by atoms with Crippen LogP contribution in [0, 0.1) is 0 Å². The van der Waals surface area contributed by atoms with E-state index in [1.807, 2.05) is 0 Å². The number of carboxylic acids is 1. The van der Waals surface area contributed by atoms with Gasteiger partial charge in [0.1, 0.15) is 0 Å². The normalized spacial score (nSPS) is 26.6. The molecule has 0 aromatic carbocycles. The van der Waals surface area contributed by atoms with Crippen molar-refractivity contribution in [2.24, 2.45) is 0 Å². The molecule has 1 amide bonds. The molecule has 1 aliphatic rings. The third kappa shape index (κ3) is 2.43. The van der Waals surface area contributed by atoms with Crippen LogP contribution in [0.5, 0.6) is 0 Å². The Labute approximate surface area is 88.5 Å². The van der Waals surface area contributed by atoms with Crippen molar-refractivity contribution in [1.82, 2.24) is 4.90 Å². The second-order valence-corrected chi connectivity index (χ2v) is 3.49. The molecule has 0 spiro atoms. The standard InChI is InChI=1S/C8H10F3NO4/c9-8(10,11)7(16)12-3-1-2-4(13)5(12)6(14)15/h4-5,13H,1-3H2,(H,14,15)/t4-,5+/m1/s1. The number of rotatable bonds is 1. The van der Waals surface area contributed by atoms with Gasteiger partial charge in [-0.1, -0.05) is 0 Å². The lowest BCUT2D eigenvalue weighted by molar-refractivity contribution is -0.194. The molecule has 0 aliphatic carbocycles. The molecule has 1 rings (SSSR count). The van der Waals surface area contributed by atoms with Crippen molar-refractivity contribution in [3.8, 4) is 0 Å². The predicted molar refractivity (Wildman–Crippen MR) is 44.4 cm³/mol. The summed E-state index contributed by atoms with van der Waals surface area (Å²) in [5.41, 5.74) is 0. The number of aliphatic hydroxyl groups is 1. The van der Waals surface area contributed by atoms with Gasteiger partial charge in [0, 0.05) is 6.54 Å². The molecular weight excluding hydrogens is 231 g/mol. The van der Waals surface area contributed by atoms with Crippen molar-refractivity contribution in [2.45, 2.75) is 31.2 Å². The van der Waals surface area contributed by atoms with Crippen LogP contribution in [0.15, 0.2) is 0 Å². The molecule has 0 unspecified atom stereocenters. The fourth-order valence-corrected chi connectivity index (χ4v) is 1.66. The molecule has 2 atom stereocenters. The van der Waals surface area contributed by atoms with Crippen LogP contribution >= 0.6 is 0 Å². The summed E-state index contributed by atoms with van der Waals surface area (Å²) >= 11 is 0. The van der Waals surface area contributed by atoms with Gasteiger partial charge in [-0.15, -0.1) is 0 Å². The highest BCUT2D eigenvalue weighted by atomic mass is 19.4. The summed E-state index contributed by atoms with van der Waals surface area (Å²) < 4.78 is 36.4. The van der Waals surface area contributed by atoms with Gasteiger partial charge < -0.3 is 15.1 Å². The Hall–Kier alpha value is -1.31. The number of piperidine rings is 1. The minimum absolute atomic E-state index is 0.0681. The first-order valence-corrected chi connectivity index (χ1v) is 4.54. The number of hydrogen-bond donors (Lipinski definition) is 2. The monoisotopic (exact) mass is 241 g/mol. The van der Waals surface area contributed by atoms with E-state index in [4.69, 9.17) is 5.11 Å². The van der Waals surface area contributed by atoms with Crippen molar-refractivity contribution in [3.05, 3.63) is 0 Å². The van der Waals surface area contributed by atoms with Gasteiger partial charge in [-0.2, -0.15) is 13.2 Å². The Morgan fingerprint density at radius 1 is 1.31 bits per heavy atom. The number of hydrogen-bond acceptors (Lipinski definition) is 3. The van der Waals surface area contributed by atoms with Crippen molar-refractivity contribution in [3.63, 3.8) is 0 Å². The third-order valence-corrected chi connectivity index (χ3v) is 2.36. The third-order valence-electron chi connectivity index (χ3n) is 2.36. The summed E-state index contributed by atoms with van der Waals surface area (Å²) in [5.74, 6) is -3.86. The minimum Gasteiger partial charge on any atom is -0.480 e. The number of aliphatic carboxylic acids is 1. The van der Waals surface area contributed by atoms with Gasteiger partial charge in [0.2, 0.25) is 0 Å². The van der Waals surface area contributed by atoms with Crippen LogP contribution in [-0.4, -0.2) is 51.9 Å². The second kappa shape index (κ2) is 4.28. The summed E-state index contributed by atoms with van der Waals surface area (Å²) in [6.07, 6.45) is -6.37. The molecule has 2 N–H and O–H groups in total. The quantitative estimate of drug-likeness (QED) is 0.676. The number of amides is 1. The summed E-state index contributed by atoms with van der Waals surface area (Å²) in [7, 11) is 0. The largest absolute Gasteiger partial charge is 0.480 e. The first-order chi connectivity index (χ1) is 7.25. The van der Waals surface area contributed by atoms with Gasteiger partial charge in [0.05, 0.1) is 6.10 Å². The van der Waals surface area contributed by atoms with Crippen LogP contribution in [0.25, 0.3) is 0 Å². The smallest absolute Gasteiger partial charge is 0.471 e. The number of likely N-dealkylation sites (tertiary alicyclic amines) is 1. The number of aliphatic hydroxyl groups excluding tert-OH is 1. The van der Waals surface area contributed by atoms with Crippen molar-refractivity contribution < 1.29 is 33.0 Å². The molecule has 0 aromatic rings. The van der Waals surface area contributed by atoms with Crippen LogP contribution in [0.4, 0.5) is 13.2 Å². The van der Waals surface area contributed by atoms with E-state index in [0.29, 0.717) is 0 Å². The van der Waals surface area contributed by atoms with Gasteiger partial charge in [0.15, 0.2) is 6.04 Å². The summed E-state index contributed by atoms with van der Waals surface area (Å²) in [5, 5.41) is 18.0. The highest BCUT2D eigenvalue weighted by molar-refractivity contribution is 5.87. The maximum Gasteiger partial charge on any atom is 0.471 e. The van der Waals surface area contributed by atoms with Crippen LogP contribution < -0.4 is 0 Å². The average Bonchev–Trinajstić information content (AvgIpc) is 2.14. The van der Waals surface area contributed by atoms with E-state index in [-0.39, 0.29) is 24.3 Å². The molecule has 16 heavy (non-hydrogen) atoms. The van der Waals surface area contributed by atoms with Crippen LogP contribution in [0.2, 0.25) is 0 Å². The zero-order valence-corrected chi connectivity index (χ0v) is 8.07. The van der Waals surface area contributed by atoms with Crippen molar-refractivity contribution in [1.29, 1.82) is 0 Å². The van der Waals surface area contributed by atoms with E-state index in [1.54, 1.807) is 0 Å². The summed E-state index contributed by atoms with van der Waals surface area (Å²) in [6.45, 7) is -0.313.